The molecule has 0 saturated carbocycles. The van der Waals surface area contributed by atoms with Crippen molar-refractivity contribution in [1.29, 1.82) is 0 Å². The number of nitrogens with two attached hydrogens (primary N) is 1. The molecule has 1 heterocycles. The first kappa shape index (κ1) is 21.4. The van der Waals surface area contributed by atoms with Crippen molar-refractivity contribution in [3.63, 3.8) is 0 Å². The third-order valence-electron chi connectivity index (χ3n) is 5.02. The highest BCUT2D eigenvalue weighted by molar-refractivity contribution is 5.99. The normalized spacial score (nSPS) is 13.0. The highest BCUT2D eigenvalue weighted by atomic mass is 16.2. The van der Waals surface area contributed by atoms with Crippen molar-refractivity contribution in [2.75, 3.05) is 38.6 Å². The minimum absolute atomic E-state index is 0.0119. The molecular weight excluding hydrogens is 380 g/mol. The van der Waals surface area contributed by atoms with Gasteiger partial charge in [0.25, 0.3) is 5.91 Å². The summed E-state index contributed by atoms with van der Waals surface area (Å²) < 4.78 is 0. The zero-order chi connectivity index (χ0) is 21.5. The molecule has 8 heteroatoms. The van der Waals surface area contributed by atoms with Crippen LogP contribution in [-0.2, 0) is 11.3 Å². The minimum Gasteiger partial charge on any atom is -0.365 e. The van der Waals surface area contributed by atoms with Crippen molar-refractivity contribution in [2.45, 2.75) is 19.4 Å². The van der Waals surface area contributed by atoms with Gasteiger partial charge >= 0.3 is 0 Å². The Kier molecular flexibility index (Phi) is 7.13. The molecule has 0 fully saturated rings. The van der Waals surface area contributed by atoms with E-state index in [-0.39, 0.29) is 18.4 Å². The van der Waals surface area contributed by atoms with Crippen LogP contribution in [0.15, 0.2) is 52.7 Å². The van der Waals surface area contributed by atoms with E-state index in [4.69, 9.17) is 5.73 Å². The molecule has 8 nitrogen and oxygen atoms in total. The van der Waals surface area contributed by atoms with Gasteiger partial charge in [0.2, 0.25) is 5.91 Å². The number of nitrogens with one attached hydrogen (secondary N) is 1. The molecule has 1 aliphatic rings. The highest BCUT2D eigenvalue weighted by Gasteiger charge is 2.26. The van der Waals surface area contributed by atoms with Gasteiger partial charge in [0.1, 0.15) is 0 Å². The quantitative estimate of drug-likeness (QED) is 0.492. The van der Waals surface area contributed by atoms with Gasteiger partial charge in [-0.25, -0.2) is 0 Å². The summed E-state index contributed by atoms with van der Waals surface area (Å²) in [4.78, 5) is 27.7. The van der Waals surface area contributed by atoms with Crippen LogP contribution in [-0.4, -0.2) is 50.4 Å². The predicted octanol–water partition coefficient (Wildman–Crippen LogP) is 2.98. The Morgan fingerprint density at radius 3 is 2.67 bits per heavy atom. The minimum atomic E-state index is -0.0178. The second-order valence-corrected chi connectivity index (χ2v) is 7.38. The molecule has 0 bridgehead atoms. The Hall–Kier alpha value is -3.26. The Morgan fingerprint density at radius 1 is 1.17 bits per heavy atom. The molecule has 0 atom stereocenters. The summed E-state index contributed by atoms with van der Waals surface area (Å²) in [6.45, 7) is 2.11. The van der Waals surface area contributed by atoms with Crippen LogP contribution in [0, 0.1) is 0 Å². The molecule has 2 amide bonds. The largest absolute Gasteiger partial charge is 0.365 e. The van der Waals surface area contributed by atoms with Gasteiger partial charge < -0.3 is 20.9 Å². The van der Waals surface area contributed by atoms with Crippen molar-refractivity contribution in [1.82, 2.24) is 10.2 Å². The number of hydrogen-bond donors (Lipinski definition) is 2. The van der Waals surface area contributed by atoms with Crippen molar-refractivity contribution >= 4 is 28.9 Å². The first-order valence-corrected chi connectivity index (χ1v) is 10.1. The van der Waals surface area contributed by atoms with Crippen molar-refractivity contribution < 1.29 is 9.59 Å². The predicted molar refractivity (Wildman–Crippen MR) is 117 cm³/mol. The number of unbranched alkanes of at least 4 members (excludes halogenated alkanes) is 1. The number of anilines is 1. The third-order valence-corrected chi connectivity index (χ3v) is 5.02. The Balaban J connectivity index is 1.59. The van der Waals surface area contributed by atoms with E-state index in [0.29, 0.717) is 36.6 Å². The van der Waals surface area contributed by atoms with Crippen LogP contribution in [0.3, 0.4) is 0 Å². The standard InChI is InChI=1S/C22H28N6O2/c1-27(15-21(29)24-13-4-3-12-23)17-10-8-16(9-11-17)25-26-20-7-5-6-18-19(20)14-28(2)22(18)30/h5-11H,3-4,12-15,23H2,1-2H3,(H,24,29)/b26-25+. The molecule has 0 unspecified atom stereocenters. The van der Waals surface area contributed by atoms with Crippen LogP contribution >= 0.6 is 0 Å². The number of fused-ring (bicyclic) bond motifs is 1. The summed E-state index contributed by atoms with van der Waals surface area (Å²) in [6, 6.07) is 13.0. The van der Waals surface area contributed by atoms with Crippen LogP contribution in [0.1, 0.15) is 28.8 Å². The lowest BCUT2D eigenvalue weighted by Crippen LogP contribution is -2.35. The first-order valence-electron chi connectivity index (χ1n) is 10.1. The first-order chi connectivity index (χ1) is 14.5. The fraction of sp³-hybridized carbons (Fsp3) is 0.364. The lowest BCUT2D eigenvalue weighted by Gasteiger charge is -2.18. The van der Waals surface area contributed by atoms with E-state index in [2.05, 4.69) is 15.5 Å². The average molecular weight is 409 g/mol. The number of amides is 2. The number of azo groups is 1. The molecule has 0 aliphatic carbocycles. The topological polar surface area (TPSA) is 103 Å². The summed E-state index contributed by atoms with van der Waals surface area (Å²) in [5, 5.41) is 11.6. The van der Waals surface area contributed by atoms with Gasteiger partial charge in [-0.1, -0.05) is 6.07 Å². The summed E-state index contributed by atoms with van der Waals surface area (Å²) in [5.74, 6) is -0.00593. The lowest BCUT2D eigenvalue weighted by atomic mass is 10.1. The van der Waals surface area contributed by atoms with Crippen molar-refractivity contribution in [3.8, 4) is 0 Å². The SMILES string of the molecule is CN1Cc2c(/N=N/c3ccc(N(C)CC(=O)NCCCCN)cc3)cccc2C1=O. The van der Waals surface area contributed by atoms with E-state index < -0.39 is 0 Å². The zero-order valence-electron chi connectivity index (χ0n) is 17.5. The number of likely N-dealkylation sites (N-methyl/N-ethyl adjacent to an activating group) is 1. The van der Waals surface area contributed by atoms with Crippen LogP contribution in [0.5, 0.6) is 0 Å². The molecule has 2 aromatic rings. The second kappa shape index (κ2) is 9.98. The maximum atomic E-state index is 12.1. The molecule has 30 heavy (non-hydrogen) atoms. The molecule has 3 N–H and O–H groups in total. The van der Waals surface area contributed by atoms with Gasteiger partial charge in [0.05, 0.1) is 17.9 Å². The van der Waals surface area contributed by atoms with Gasteiger partial charge in [-0.3, -0.25) is 9.59 Å². The van der Waals surface area contributed by atoms with E-state index in [1.54, 1.807) is 11.9 Å². The Bertz CT molecular complexity index is 926. The summed E-state index contributed by atoms with van der Waals surface area (Å²) >= 11 is 0. The molecule has 1 aliphatic heterocycles. The van der Waals surface area contributed by atoms with Crippen molar-refractivity contribution in [2.24, 2.45) is 16.0 Å². The molecule has 0 saturated heterocycles. The van der Waals surface area contributed by atoms with E-state index in [1.165, 1.54) is 0 Å². The van der Waals surface area contributed by atoms with E-state index in [0.717, 1.165) is 24.1 Å². The number of rotatable bonds is 9. The fourth-order valence-electron chi connectivity index (χ4n) is 3.29. The van der Waals surface area contributed by atoms with Crippen LogP contribution in [0.4, 0.5) is 17.1 Å². The molecular formula is C22H28N6O2. The Labute approximate surface area is 176 Å². The lowest BCUT2D eigenvalue weighted by molar-refractivity contribution is -0.119. The molecule has 0 aromatic heterocycles. The van der Waals surface area contributed by atoms with Gasteiger partial charge in [-0.05, 0) is 55.8 Å². The van der Waals surface area contributed by atoms with Crippen LogP contribution in [0.2, 0.25) is 0 Å². The molecule has 158 valence electrons. The van der Waals surface area contributed by atoms with E-state index in [1.807, 2.05) is 54.4 Å². The number of nitrogens with zero attached hydrogens (tertiary/aromatic N) is 4. The van der Waals surface area contributed by atoms with Crippen molar-refractivity contribution in [3.05, 3.63) is 53.6 Å². The van der Waals surface area contributed by atoms with Gasteiger partial charge in [-0.2, -0.15) is 10.2 Å². The Morgan fingerprint density at radius 2 is 1.93 bits per heavy atom. The molecule has 3 rings (SSSR count). The number of benzene rings is 2. The van der Waals surface area contributed by atoms with E-state index >= 15 is 0 Å². The number of carbonyl (C=O) groups is 2. The molecule has 0 radical (unpaired) electrons. The van der Waals surface area contributed by atoms with E-state index in [9.17, 15) is 9.59 Å². The number of hydrogen-bond acceptors (Lipinski definition) is 6. The maximum absolute atomic E-state index is 12.1. The summed E-state index contributed by atoms with van der Waals surface area (Å²) in [6.07, 6.45) is 1.80. The summed E-state index contributed by atoms with van der Waals surface area (Å²) in [7, 11) is 3.65. The van der Waals surface area contributed by atoms with Gasteiger partial charge in [0, 0.05) is 44.0 Å². The smallest absolute Gasteiger partial charge is 0.254 e. The number of carbonyl (C=O) groups excluding carboxylic acids is 2. The van der Waals surface area contributed by atoms with Crippen LogP contribution in [0.25, 0.3) is 0 Å². The molecule has 0 spiro atoms. The fourth-order valence-corrected chi connectivity index (χ4v) is 3.29. The average Bonchev–Trinajstić information content (AvgIpc) is 3.04. The second-order valence-electron chi connectivity index (χ2n) is 7.38. The van der Waals surface area contributed by atoms with Gasteiger partial charge in [0.15, 0.2) is 0 Å². The van der Waals surface area contributed by atoms with Crippen LogP contribution < -0.4 is 16.0 Å². The van der Waals surface area contributed by atoms with Gasteiger partial charge in [-0.15, -0.1) is 0 Å². The monoisotopic (exact) mass is 408 g/mol. The zero-order valence-corrected chi connectivity index (χ0v) is 17.5. The molecule has 2 aromatic carbocycles. The third kappa shape index (κ3) is 5.21. The maximum Gasteiger partial charge on any atom is 0.254 e. The summed E-state index contributed by atoms with van der Waals surface area (Å²) in [5.41, 5.74) is 9.37. The highest BCUT2D eigenvalue weighted by Crippen LogP contribution is 2.31.